The van der Waals surface area contributed by atoms with E-state index < -0.39 is 5.97 Å². The van der Waals surface area contributed by atoms with E-state index in [-0.39, 0.29) is 22.2 Å². The van der Waals surface area contributed by atoms with Crippen LogP contribution in [0, 0.1) is 6.92 Å². The van der Waals surface area contributed by atoms with Gasteiger partial charge in [-0.1, -0.05) is 23.2 Å². The molecule has 9 heteroatoms. The average molecular weight is 458 g/mol. The quantitative estimate of drug-likeness (QED) is 0.251. The van der Waals surface area contributed by atoms with Gasteiger partial charge < -0.3 is 9.47 Å². The van der Waals surface area contributed by atoms with Crippen molar-refractivity contribution in [2.24, 2.45) is 5.10 Å². The molecule has 3 rings (SSSR count). The molecule has 3 aromatic rings. The molecule has 0 aliphatic rings. The second-order valence-corrected chi connectivity index (χ2v) is 7.16. The van der Waals surface area contributed by atoms with E-state index in [1.807, 2.05) is 6.92 Å². The maximum atomic E-state index is 12.4. The lowest BCUT2D eigenvalue weighted by Gasteiger charge is -2.10. The van der Waals surface area contributed by atoms with Crippen LogP contribution in [0.5, 0.6) is 11.5 Å². The molecule has 2 aromatic carbocycles. The van der Waals surface area contributed by atoms with Gasteiger partial charge in [0.2, 0.25) is 0 Å². The van der Waals surface area contributed by atoms with E-state index in [0.717, 1.165) is 5.69 Å². The Balaban J connectivity index is 1.69. The van der Waals surface area contributed by atoms with Crippen LogP contribution >= 0.6 is 23.2 Å². The van der Waals surface area contributed by atoms with Crippen molar-refractivity contribution in [2.75, 3.05) is 7.11 Å². The van der Waals surface area contributed by atoms with Gasteiger partial charge in [-0.05, 0) is 61.0 Å². The monoisotopic (exact) mass is 457 g/mol. The summed E-state index contributed by atoms with van der Waals surface area (Å²) in [5.41, 5.74) is 4.41. The molecule has 0 saturated carbocycles. The topological polar surface area (TPSA) is 89.9 Å². The summed E-state index contributed by atoms with van der Waals surface area (Å²) in [6.07, 6.45) is 2.91. The highest BCUT2D eigenvalue weighted by molar-refractivity contribution is 6.36. The molecule has 31 heavy (non-hydrogen) atoms. The van der Waals surface area contributed by atoms with Crippen molar-refractivity contribution in [2.45, 2.75) is 6.92 Å². The van der Waals surface area contributed by atoms with E-state index in [1.165, 1.54) is 31.7 Å². The summed E-state index contributed by atoms with van der Waals surface area (Å²) >= 11 is 11.9. The average Bonchev–Trinajstić information content (AvgIpc) is 2.75. The Morgan fingerprint density at radius 3 is 2.55 bits per heavy atom. The standard InChI is InChI=1S/C22H17Cl2N3O4/c1-13-3-5-15(12-25-13)21(28)27-26-11-14-4-8-19(20(9-14)30-2)31-22(29)17-7-6-16(23)10-18(17)24/h3-12H,1-2H3,(H,27,28). The van der Waals surface area contributed by atoms with Crippen LogP contribution in [-0.2, 0) is 0 Å². The molecule has 1 N–H and O–H groups in total. The molecule has 0 fully saturated rings. The molecule has 0 aliphatic heterocycles. The maximum Gasteiger partial charge on any atom is 0.345 e. The van der Waals surface area contributed by atoms with E-state index >= 15 is 0 Å². The number of carbonyl (C=O) groups is 2. The van der Waals surface area contributed by atoms with Crippen LogP contribution in [0.4, 0.5) is 0 Å². The number of rotatable bonds is 6. The number of hydrogen-bond acceptors (Lipinski definition) is 6. The number of ether oxygens (including phenoxy) is 2. The third-order valence-electron chi connectivity index (χ3n) is 4.09. The van der Waals surface area contributed by atoms with Gasteiger partial charge in [0.15, 0.2) is 11.5 Å². The molecule has 1 aromatic heterocycles. The summed E-state index contributed by atoms with van der Waals surface area (Å²) < 4.78 is 10.7. The van der Waals surface area contributed by atoms with E-state index in [2.05, 4.69) is 15.5 Å². The normalized spacial score (nSPS) is 10.7. The minimum atomic E-state index is -0.652. The summed E-state index contributed by atoms with van der Waals surface area (Å²) in [5, 5.41) is 4.52. The highest BCUT2D eigenvalue weighted by Crippen LogP contribution is 2.29. The number of aromatic nitrogens is 1. The molecule has 158 valence electrons. The van der Waals surface area contributed by atoms with Gasteiger partial charge in [-0.15, -0.1) is 0 Å². The summed E-state index contributed by atoms with van der Waals surface area (Å²) in [7, 11) is 1.44. The van der Waals surface area contributed by atoms with Crippen molar-refractivity contribution in [1.29, 1.82) is 0 Å². The van der Waals surface area contributed by atoms with Crippen LogP contribution in [0.25, 0.3) is 0 Å². The summed E-state index contributed by atoms with van der Waals surface area (Å²) in [4.78, 5) is 28.5. The fraction of sp³-hybridized carbons (Fsp3) is 0.0909. The lowest BCUT2D eigenvalue weighted by Crippen LogP contribution is -2.17. The molecular weight excluding hydrogens is 441 g/mol. The Bertz CT molecular complexity index is 1150. The third-order valence-corrected chi connectivity index (χ3v) is 4.64. The molecular formula is C22H17Cl2N3O4. The van der Waals surface area contributed by atoms with Crippen molar-refractivity contribution < 1.29 is 19.1 Å². The van der Waals surface area contributed by atoms with Gasteiger partial charge >= 0.3 is 5.97 Å². The minimum absolute atomic E-state index is 0.173. The molecule has 0 bridgehead atoms. The number of hydrazone groups is 1. The molecule has 0 spiro atoms. The number of esters is 1. The van der Waals surface area contributed by atoms with Gasteiger partial charge in [0.1, 0.15) is 0 Å². The predicted molar refractivity (Wildman–Crippen MR) is 118 cm³/mol. The Kier molecular flexibility index (Phi) is 7.23. The molecule has 0 atom stereocenters. The zero-order valence-electron chi connectivity index (χ0n) is 16.6. The fourth-order valence-electron chi connectivity index (χ4n) is 2.49. The van der Waals surface area contributed by atoms with Crippen molar-refractivity contribution in [3.05, 3.63) is 87.2 Å². The molecule has 0 unspecified atom stereocenters. The minimum Gasteiger partial charge on any atom is -0.493 e. The molecule has 0 radical (unpaired) electrons. The number of pyridine rings is 1. The number of hydrogen-bond donors (Lipinski definition) is 1. The van der Waals surface area contributed by atoms with Crippen LogP contribution in [0.1, 0.15) is 32.0 Å². The van der Waals surface area contributed by atoms with Gasteiger partial charge in [0, 0.05) is 16.9 Å². The van der Waals surface area contributed by atoms with Crippen molar-refractivity contribution in [3.63, 3.8) is 0 Å². The number of nitrogens with zero attached hydrogens (tertiary/aromatic N) is 2. The molecule has 0 aliphatic carbocycles. The van der Waals surface area contributed by atoms with Crippen molar-refractivity contribution in [3.8, 4) is 11.5 Å². The smallest absolute Gasteiger partial charge is 0.345 e. The maximum absolute atomic E-state index is 12.4. The number of carbonyl (C=O) groups excluding carboxylic acids is 2. The van der Waals surface area contributed by atoms with Gasteiger partial charge in [0.25, 0.3) is 5.91 Å². The van der Waals surface area contributed by atoms with E-state index in [9.17, 15) is 9.59 Å². The number of amides is 1. The van der Waals surface area contributed by atoms with Crippen molar-refractivity contribution in [1.82, 2.24) is 10.4 Å². The van der Waals surface area contributed by atoms with Crippen LogP contribution in [0.3, 0.4) is 0 Å². The van der Waals surface area contributed by atoms with Crippen LogP contribution < -0.4 is 14.9 Å². The number of aryl methyl sites for hydroxylation is 1. The van der Waals surface area contributed by atoms with Crippen LogP contribution in [0.2, 0.25) is 10.0 Å². The first-order valence-corrected chi connectivity index (χ1v) is 9.74. The number of nitrogens with one attached hydrogen (secondary N) is 1. The molecule has 7 nitrogen and oxygen atoms in total. The van der Waals surface area contributed by atoms with Crippen LogP contribution in [-0.4, -0.2) is 30.2 Å². The SMILES string of the molecule is COc1cc(C=NNC(=O)c2ccc(C)nc2)ccc1OC(=O)c1ccc(Cl)cc1Cl. The second-order valence-electron chi connectivity index (χ2n) is 6.31. The first kappa shape index (κ1) is 22.3. The Morgan fingerprint density at radius 1 is 1.06 bits per heavy atom. The lowest BCUT2D eigenvalue weighted by atomic mass is 10.2. The highest BCUT2D eigenvalue weighted by atomic mass is 35.5. The highest BCUT2D eigenvalue weighted by Gasteiger charge is 2.16. The zero-order chi connectivity index (χ0) is 22.4. The van der Waals surface area contributed by atoms with E-state index in [0.29, 0.717) is 21.9 Å². The van der Waals surface area contributed by atoms with Crippen LogP contribution in [0.15, 0.2) is 59.8 Å². The van der Waals surface area contributed by atoms with E-state index in [4.69, 9.17) is 32.7 Å². The number of methoxy groups -OCH3 is 1. The molecule has 1 amide bonds. The third kappa shape index (κ3) is 5.81. The largest absolute Gasteiger partial charge is 0.493 e. The first-order chi connectivity index (χ1) is 14.9. The van der Waals surface area contributed by atoms with E-state index in [1.54, 1.807) is 36.4 Å². The molecule has 0 saturated heterocycles. The summed E-state index contributed by atoms with van der Waals surface area (Å²) in [6, 6.07) is 12.7. The van der Waals surface area contributed by atoms with Gasteiger partial charge in [-0.2, -0.15) is 5.10 Å². The predicted octanol–water partition coefficient (Wildman–Crippen LogP) is 4.69. The summed E-state index contributed by atoms with van der Waals surface area (Å²) in [6.45, 7) is 1.83. The Morgan fingerprint density at radius 2 is 1.87 bits per heavy atom. The van der Waals surface area contributed by atoms with Gasteiger partial charge in [-0.25, -0.2) is 10.2 Å². The number of halogens is 2. The number of benzene rings is 2. The van der Waals surface area contributed by atoms with Gasteiger partial charge in [-0.3, -0.25) is 9.78 Å². The summed E-state index contributed by atoms with van der Waals surface area (Å²) in [5.74, 6) is -0.539. The lowest BCUT2D eigenvalue weighted by molar-refractivity contribution is 0.0729. The fourth-order valence-corrected chi connectivity index (χ4v) is 2.98. The zero-order valence-corrected chi connectivity index (χ0v) is 18.1. The first-order valence-electron chi connectivity index (χ1n) is 8.98. The van der Waals surface area contributed by atoms with Crippen molar-refractivity contribution >= 4 is 41.3 Å². The van der Waals surface area contributed by atoms with Gasteiger partial charge in [0.05, 0.1) is 29.5 Å². The molecule has 1 heterocycles. The second kappa shape index (κ2) is 10.1. The Labute approximate surface area is 188 Å². The Hall–Kier alpha value is -3.42.